The number of aliphatic carboxylic acids is 1. The minimum atomic E-state index is -0.766. The predicted octanol–water partition coefficient (Wildman–Crippen LogP) is 2.21. The number of nitrogens with one attached hydrogen (secondary N) is 1. The first-order valence-electron chi connectivity index (χ1n) is 7.21. The Bertz CT molecular complexity index is 498. The number of methoxy groups -OCH3 is 1. The first-order chi connectivity index (χ1) is 10.1. The molecule has 1 aromatic carbocycles. The third-order valence-corrected chi connectivity index (χ3v) is 3.89. The lowest BCUT2D eigenvalue weighted by molar-refractivity contribution is -0.143. The van der Waals surface area contributed by atoms with E-state index in [1.165, 1.54) is 0 Å². The molecule has 2 atom stereocenters. The molecular weight excluding hydrogens is 270 g/mol. The molecule has 0 aromatic heterocycles. The van der Waals surface area contributed by atoms with Gasteiger partial charge in [-0.05, 0) is 37.0 Å². The molecule has 0 bridgehead atoms. The summed E-state index contributed by atoms with van der Waals surface area (Å²) >= 11 is 0. The van der Waals surface area contributed by atoms with Gasteiger partial charge in [-0.1, -0.05) is 18.6 Å². The van der Waals surface area contributed by atoms with E-state index in [-0.39, 0.29) is 17.9 Å². The fourth-order valence-electron chi connectivity index (χ4n) is 2.73. The minimum absolute atomic E-state index is 0.0500. The Hall–Kier alpha value is -1.88. The highest BCUT2D eigenvalue weighted by molar-refractivity contribution is 5.94. The van der Waals surface area contributed by atoms with E-state index in [9.17, 15) is 9.59 Å². The van der Waals surface area contributed by atoms with Gasteiger partial charge in [0.25, 0.3) is 5.91 Å². The van der Waals surface area contributed by atoms with Crippen LogP contribution in [0.1, 0.15) is 41.6 Å². The molecule has 0 saturated heterocycles. The van der Waals surface area contributed by atoms with E-state index >= 15 is 0 Å². The normalized spacial score (nSPS) is 21.8. The maximum atomic E-state index is 12.2. The van der Waals surface area contributed by atoms with Crippen molar-refractivity contribution in [1.29, 1.82) is 0 Å². The fourth-order valence-corrected chi connectivity index (χ4v) is 2.73. The van der Waals surface area contributed by atoms with Crippen molar-refractivity contribution < 1.29 is 19.4 Å². The van der Waals surface area contributed by atoms with Crippen LogP contribution in [-0.2, 0) is 16.1 Å². The van der Waals surface area contributed by atoms with Gasteiger partial charge in [0.15, 0.2) is 0 Å². The van der Waals surface area contributed by atoms with Gasteiger partial charge in [-0.25, -0.2) is 0 Å². The number of carboxylic acids is 1. The van der Waals surface area contributed by atoms with E-state index in [0.717, 1.165) is 18.4 Å². The maximum Gasteiger partial charge on any atom is 0.306 e. The largest absolute Gasteiger partial charge is 0.481 e. The second-order valence-corrected chi connectivity index (χ2v) is 5.50. The first-order valence-corrected chi connectivity index (χ1v) is 7.21. The molecule has 1 aliphatic rings. The molecule has 1 fully saturated rings. The second-order valence-electron chi connectivity index (χ2n) is 5.50. The molecular formula is C16H21NO4. The van der Waals surface area contributed by atoms with Crippen molar-refractivity contribution in [2.45, 2.75) is 38.3 Å². The van der Waals surface area contributed by atoms with Gasteiger partial charge in [-0.15, -0.1) is 0 Å². The molecule has 5 nitrogen and oxygen atoms in total. The molecule has 0 radical (unpaired) electrons. The zero-order valence-electron chi connectivity index (χ0n) is 12.2. The van der Waals surface area contributed by atoms with Gasteiger partial charge in [-0.3, -0.25) is 9.59 Å². The van der Waals surface area contributed by atoms with Gasteiger partial charge in [0.2, 0.25) is 0 Å². The van der Waals surface area contributed by atoms with E-state index < -0.39 is 5.97 Å². The zero-order valence-corrected chi connectivity index (χ0v) is 12.2. The lowest BCUT2D eigenvalue weighted by Crippen LogP contribution is -2.39. The second kappa shape index (κ2) is 7.22. The van der Waals surface area contributed by atoms with Crippen molar-refractivity contribution >= 4 is 11.9 Å². The fraction of sp³-hybridized carbons (Fsp3) is 0.500. The molecule has 2 N–H and O–H groups in total. The van der Waals surface area contributed by atoms with Gasteiger partial charge >= 0.3 is 5.97 Å². The van der Waals surface area contributed by atoms with Crippen molar-refractivity contribution in [3.63, 3.8) is 0 Å². The summed E-state index contributed by atoms with van der Waals surface area (Å²) in [4.78, 5) is 23.2. The first kappa shape index (κ1) is 15.5. The molecule has 0 spiro atoms. The predicted molar refractivity (Wildman–Crippen MR) is 78.0 cm³/mol. The van der Waals surface area contributed by atoms with Gasteiger partial charge < -0.3 is 15.2 Å². The summed E-state index contributed by atoms with van der Waals surface area (Å²) in [5.41, 5.74) is 1.60. The molecule has 0 heterocycles. The molecule has 5 heteroatoms. The maximum absolute atomic E-state index is 12.2. The molecule has 114 valence electrons. The van der Waals surface area contributed by atoms with Gasteiger partial charge in [0.1, 0.15) is 0 Å². The highest BCUT2D eigenvalue weighted by atomic mass is 16.5. The number of hydrogen-bond acceptors (Lipinski definition) is 3. The Morgan fingerprint density at radius 3 is 2.62 bits per heavy atom. The number of hydrogen-bond donors (Lipinski definition) is 2. The molecule has 1 aromatic rings. The monoisotopic (exact) mass is 291 g/mol. The summed E-state index contributed by atoms with van der Waals surface area (Å²) < 4.78 is 5.03. The molecule has 1 amide bonds. The molecule has 21 heavy (non-hydrogen) atoms. The minimum Gasteiger partial charge on any atom is -0.481 e. The van der Waals surface area contributed by atoms with Crippen molar-refractivity contribution in [2.75, 3.05) is 7.11 Å². The number of carbonyl (C=O) groups is 2. The summed E-state index contributed by atoms with van der Waals surface area (Å²) in [6.45, 7) is 0.519. The van der Waals surface area contributed by atoms with Crippen molar-refractivity contribution in [3.8, 4) is 0 Å². The number of carbonyl (C=O) groups excluding carboxylic acids is 1. The summed E-state index contributed by atoms with van der Waals surface area (Å²) in [5, 5.41) is 12.0. The van der Waals surface area contributed by atoms with E-state index in [1.807, 2.05) is 12.1 Å². The van der Waals surface area contributed by atoms with E-state index in [1.54, 1.807) is 19.2 Å². The number of carboxylic acid groups (broad SMARTS) is 1. The Balaban J connectivity index is 1.92. The standard InChI is InChI=1S/C16H21NO4/c1-21-10-11-5-7-12(8-6-11)15(18)17-14-4-2-3-13(9-14)16(19)20/h5-8,13-14H,2-4,9-10H2,1H3,(H,17,18)(H,19,20). The highest BCUT2D eigenvalue weighted by Gasteiger charge is 2.27. The Kier molecular flexibility index (Phi) is 5.33. The van der Waals surface area contributed by atoms with Gasteiger partial charge in [0, 0.05) is 18.7 Å². The molecule has 2 unspecified atom stereocenters. The lowest BCUT2D eigenvalue weighted by Gasteiger charge is -2.27. The zero-order chi connectivity index (χ0) is 15.2. The SMILES string of the molecule is COCc1ccc(C(=O)NC2CCCC(C(=O)O)C2)cc1. The Morgan fingerprint density at radius 1 is 1.29 bits per heavy atom. The van der Waals surface area contributed by atoms with Crippen molar-refractivity contribution in [1.82, 2.24) is 5.32 Å². The number of amides is 1. The van der Waals surface area contributed by atoms with Crippen LogP contribution in [0.2, 0.25) is 0 Å². The summed E-state index contributed by atoms with van der Waals surface area (Å²) in [6.07, 6.45) is 2.90. The average molecular weight is 291 g/mol. The van der Waals surface area contributed by atoms with Gasteiger partial charge in [-0.2, -0.15) is 0 Å². The molecule has 2 rings (SSSR count). The third-order valence-electron chi connectivity index (χ3n) is 3.89. The van der Waals surface area contributed by atoms with Crippen LogP contribution in [0, 0.1) is 5.92 Å². The van der Waals surface area contributed by atoms with Crippen LogP contribution in [0.5, 0.6) is 0 Å². The molecule has 0 aliphatic heterocycles. The smallest absolute Gasteiger partial charge is 0.306 e. The quantitative estimate of drug-likeness (QED) is 0.872. The van der Waals surface area contributed by atoms with Crippen LogP contribution in [0.25, 0.3) is 0 Å². The van der Waals surface area contributed by atoms with E-state index in [2.05, 4.69) is 5.32 Å². The Morgan fingerprint density at radius 2 is 2.00 bits per heavy atom. The summed E-state index contributed by atoms with van der Waals surface area (Å²) in [7, 11) is 1.63. The third kappa shape index (κ3) is 4.29. The van der Waals surface area contributed by atoms with Crippen LogP contribution in [0.3, 0.4) is 0 Å². The van der Waals surface area contributed by atoms with Crippen LogP contribution >= 0.6 is 0 Å². The van der Waals surface area contributed by atoms with Crippen LogP contribution < -0.4 is 5.32 Å². The summed E-state index contributed by atoms with van der Waals surface area (Å²) in [5.74, 6) is -1.25. The van der Waals surface area contributed by atoms with E-state index in [0.29, 0.717) is 25.0 Å². The van der Waals surface area contributed by atoms with Crippen LogP contribution in [0.15, 0.2) is 24.3 Å². The lowest BCUT2D eigenvalue weighted by atomic mass is 9.85. The topological polar surface area (TPSA) is 75.6 Å². The van der Waals surface area contributed by atoms with Crippen molar-refractivity contribution in [3.05, 3.63) is 35.4 Å². The number of rotatable bonds is 5. The molecule has 1 saturated carbocycles. The highest BCUT2D eigenvalue weighted by Crippen LogP contribution is 2.24. The number of ether oxygens (including phenoxy) is 1. The van der Waals surface area contributed by atoms with E-state index in [4.69, 9.17) is 9.84 Å². The van der Waals surface area contributed by atoms with Crippen molar-refractivity contribution in [2.24, 2.45) is 5.92 Å². The Labute approximate surface area is 124 Å². The summed E-state index contributed by atoms with van der Waals surface area (Å²) in [6, 6.07) is 7.20. The van der Waals surface area contributed by atoms with Crippen LogP contribution in [0.4, 0.5) is 0 Å². The van der Waals surface area contributed by atoms with Crippen LogP contribution in [-0.4, -0.2) is 30.1 Å². The van der Waals surface area contributed by atoms with Gasteiger partial charge in [0.05, 0.1) is 12.5 Å². The number of benzene rings is 1. The molecule has 1 aliphatic carbocycles. The average Bonchev–Trinajstić information content (AvgIpc) is 2.48.